The third-order valence-electron chi connectivity index (χ3n) is 5.04. The van der Waals surface area contributed by atoms with Crippen LogP contribution < -0.4 is 4.90 Å². The fraction of sp³-hybridized carbons (Fsp3) is 0.304. The van der Waals surface area contributed by atoms with Crippen molar-refractivity contribution in [2.24, 2.45) is 4.99 Å². The minimum atomic E-state index is -0.0135. The highest BCUT2D eigenvalue weighted by molar-refractivity contribution is 8.18. The van der Waals surface area contributed by atoms with Crippen molar-refractivity contribution in [1.29, 1.82) is 0 Å². The van der Waals surface area contributed by atoms with Gasteiger partial charge in [0, 0.05) is 25.8 Å². The molecule has 1 heterocycles. The van der Waals surface area contributed by atoms with Gasteiger partial charge in [-0.05, 0) is 86.5 Å². The number of anilines is 1. The molecule has 1 aliphatic heterocycles. The van der Waals surface area contributed by atoms with Gasteiger partial charge in [-0.3, -0.25) is 9.69 Å². The van der Waals surface area contributed by atoms with E-state index in [1.807, 2.05) is 12.1 Å². The standard InChI is InChI=1S/C23H27N3OS/c1-6-26(7-2)20-12-9-18(10-13-20)15-21-22(27)25(5)23(28-21)24-19-11-8-16(3)17(4)14-19/h8-15H,6-7H2,1-5H3/b21-15+,24-23?. The van der Waals surface area contributed by atoms with Crippen molar-refractivity contribution in [3.8, 4) is 0 Å². The van der Waals surface area contributed by atoms with Gasteiger partial charge in [-0.15, -0.1) is 0 Å². The molecule has 2 aromatic rings. The first-order valence-electron chi connectivity index (χ1n) is 9.61. The topological polar surface area (TPSA) is 35.9 Å². The van der Waals surface area contributed by atoms with Crippen LogP contribution in [0.25, 0.3) is 6.08 Å². The van der Waals surface area contributed by atoms with E-state index in [1.54, 1.807) is 11.9 Å². The highest BCUT2D eigenvalue weighted by Crippen LogP contribution is 2.33. The van der Waals surface area contributed by atoms with Gasteiger partial charge in [0.15, 0.2) is 5.17 Å². The number of likely N-dealkylation sites (N-methyl/N-ethyl adjacent to an activating group) is 1. The van der Waals surface area contributed by atoms with E-state index >= 15 is 0 Å². The van der Waals surface area contributed by atoms with E-state index in [0.717, 1.165) is 24.3 Å². The molecule has 0 aliphatic carbocycles. The molecule has 0 aromatic heterocycles. The quantitative estimate of drug-likeness (QED) is 0.640. The zero-order valence-corrected chi connectivity index (χ0v) is 18.0. The van der Waals surface area contributed by atoms with Gasteiger partial charge in [-0.25, -0.2) is 4.99 Å². The molecular formula is C23H27N3OS. The number of carbonyl (C=O) groups excluding carboxylic acids is 1. The van der Waals surface area contributed by atoms with Crippen molar-refractivity contribution < 1.29 is 4.79 Å². The number of amides is 1. The lowest BCUT2D eigenvalue weighted by atomic mass is 10.1. The van der Waals surface area contributed by atoms with Gasteiger partial charge in [0.05, 0.1) is 10.6 Å². The predicted octanol–water partition coefficient (Wildman–Crippen LogP) is 5.38. The van der Waals surface area contributed by atoms with Crippen LogP contribution in [0, 0.1) is 13.8 Å². The van der Waals surface area contributed by atoms with Crippen LogP contribution in [0.3, 0.4) is 0 Å². The summed E-state index contributed by atoms with van der Waals surface area (Å²) in [6.45, 7) is 10.4. The van der Waals surface area contributed by atoms with Gasteiger partial charge < -0.3 is 4.90 Å². The summed E-state index contributed by atoms with van der Waals surface area (Å²) in [7, 11) is 1.78. The van der Waals surface area contributed by atoms with Crippen molar-refractivity contribution in [1.82, 2.24) is 4.90 Å². The van der Waals surface area contributed by atoms with Crippen molar-refractivity contribution in [3.63, 3.8) is 0 Å². The molecule has 3 rings (SSSR count). The minimum absolute atomic E-state index is 0.0135. The molecule has 0 saturated carbocycles. The molecule has 146 valence electrons. The van der Waals surface area contributed by atoms with E-state index in [1.165, 1.54) is 28.6 Å². The Labute approximate surface area is 172 Å². The smallest absolute Gasteiger partial charge is 0.266 e. The Bertz CT molecular complexity index is 927. The lowest BCUT2D eigenvalue weighted by Crippen LogP contribution is -2.23. The Morgan fingerprint density at radius 2 is 1.71 bits per heavy atom. The normalized spacial score (nSPS) is 17.0. The Hall–Kier alpha value is -2.53. The third-order valence-corrected chi connectivity index (χ3v) is 6.10. The molecule has 5 heteroatoms. The molecule has 0 atom stereocenters. The van der Waals surface area contributed by atoms with Crippen LogP contribution in [-0.2, 0) is 4.79 Å². The first-order valence-corrected chi connectivity index (χ1v) is 10.4. The summed E-state index contributed by atoms with van der Waals surface area (Å²) in [5.41, 5.74) is 5.53. The first-order chi connectivity index (χ1) is 13.4. The van der Waals surface area contributed by atoms with E-state index < -0.39 is 0 Å². The van der Waals surface area contributed by atoms with E-state index in [2.05, 4.69) is 74.0 Å². The Morgan fingerprint density at radius 3 is 2.32 bits per heavy atom. The summed E-state index contributed by atoms with van der Waals surface area (Å²) in [4.78, 5) is 21.9. The molecule has 0 spiro atoms. The van der Waals surface area contributed by atoms with Crippen LogP contribution in [-0.4, -0.2) is 36.1 Å². The average Bonchev–Trinajstić information content (AvgIpc) is 2.95. The van der Waals surface area contributed by atoms with Crippen molar-refractivity contribution >= 4 is 40.3 Å². The highest BCUT2D eigenvalue weighted by Gasteiger charge is 2.30. The summed E-state index contributed by atoms with van der Waals surface area (Å²) in [5, 5.41) is 0.708. The van der Waals surface area contributed by atoms with Crippen molar-refractivity contribution in [2.75, 3.05) is 25.0 Å². The summed E-state index contributed by atoms with van der Waals surface area (Å²) < 4.78 is 0. The number of rotatable bonds is 5. The van der Waals surface area contributed by atoms with Crippen molar-refractivity contribution in [2.45, 2.75) is 27.7 Å². The predicted molar refractivity (Wildman–Crippen MR) is 121 cm³/mol. The van der Waals surface area contributed by atoms with Crippen LogP contribution in [0.2, 0.25) is 0 Å². The fourth-order valence-electron chi connectivity index (χ4n) is 3.08. The molecule has 1 fully saturated rings. The second-order valence-corrected chi connectivity index (χ2v) is 7.91. The largest absolute Gasteiger partial charge is 0.372 e. The van der Waals surface area contributed by atoms with E-state index in [-0.39, 0.29) is 5.91 Å². The van der Waals surface area contributed by atoms with Gasteiger partial charge in [-0.2, -0.15) is 0 Å². The van der Waals surface area contributed by atoms with Gasteiger partial charge in [-0.1, -0.05) is 18.2 Å². The number of thioether (sulfide) groups is 1. The van der Waals surface area contributed by atoms with Gasteiger partial charge in [0.1, 0.15) is 0 Å². The van der Waals surface area contributed by atoms with Crippen LogP contribution in [0.4, 0.5) is 11.4 Å². The monoisotopic (exact) mass is 393 g/mol. The molecule has 1 saturated heterocycles. The summed E-state index contributed by atoms with van der Waals surface area (Å²) >= 11 is 1.42. The maximum Gasteiger partial charge on any atom is 0.266 e. The van der Waals surface area contributed by atoms with E-state index in [4.69, 9.17) is 0 Å². The molecule has 0 radical (unpaired) electrons. The zero-order valence-electron chi connectivity index (χ0n) is 17.2. The summed E-state index contributed by atoms with van der Waals surface area (Å²) in [6, 6.07) is 14.4. The highest BCUT2D eigenvalue weighted by atomic mass is 32.2. The summed E-state index contributed by atoms with van der Waals surface area (Å²) in [5.74, 6) is -0.0135. The lowest BCUT2D eigenvalue weighted by molar-refractivity contribution is -0.121. The maximum atomic E-state index is 12.6. The zero-order chi connectivity index (χ0) is 20.3. The Morgan fingerprint density at radius 1 is 1.04 bits per heavy atom. The molecule has 2 aromatic carbocycles. The molecular weight excluding hydrogens is 366 g/mol. The molecule has 0 unspecified atom stereocenters. The third kappa shape index (κ3) is 4.30. The van der Waals surface area contributed by atoms with E-state index in [9.17, 15) is 4.79 Å². The molecule has 4 nitrogen and oxygen atoms in total. The molecule has 0 bridgehead atoms. The number of amidine groups is 1. The Balaban J connectivity index is 1.82. The average molecular weight is 394 g/mol. The van der Waals surface area contributed by atoms with Gasteiger partial charge in [0.2, 0.25) is 0 Å². The lowest BCUT2D eigenvalue weighted by Gasteiger charge is -2.20. The molecule has 1 amide bonds. The van der Waals surface area contributed by atoms with Crippen LogP contribution in [0.5, 0.6) is 0 Å². The number of aryl methyl sites for hydroxylation is 2. The summed E-state index contributed by atoms with van der Waals surface area (Å²) in [6.07, 6.45) is 1.94. The maximum absolute atomic E-state index is 12.6. The molecule has 0 N–H and O–H groups in total. The second-order valence-electron chi connectivity index (χ2n) is 6.90. The number of hydrogen-bond acceptors (Lipinski definition) is 4. The first kappa shape index (κ1) is 20.2. The number of nitrogens with zero attached hydrogens (tertiary/aromatic N) is 3. The number of aliphatic imine (C=N–C) groups is 1. The number of hydrogen-bond donors (Lipinski definition) is 0. The second kappa shape index (κ2) is 8.65. The fourth-order valence-corrected chi connectivity index (χ4v) is 4.07. The molecule has 28 heavy (non-hydrogen) atoms. The van der Waals surface area contributed by atoms with Crippen LogP contribution in [0.1, 0.15) is 30.5 Å². The Kier molecular flexibility index (Phi) is 6.25. The van der Waals surface area contributed by atoms with E-state index in [0.29, 0.717) is 10.1 Å². The van der Waals surface area contributed by atoms with Gasteiger partial charge >= 0.3 is 0 Å². The van der Waals surface area contributed by atoms with Crippen molar-refractivity contribution in [3.05, 3.63) is 64.1 Å². The minimum Gasteiger partial charge on any atom is -0.372 e. The molecule has 1 aliphatic rings. The van der Waals surface area contributed by atoms with Crippen LogP contribution >= 0.6 is 11.8 Å². The number of carbonyl (C=O) groups is 1. The van der Waals surface area contributed by atoms with Gasteiger partial charge in [0.25, 0.3) is 5.91 Å². The van der Waals surface area contributed by atoms with Crippen LogP contribution in [0.15, 0.2) is 52.4 Å². The number of benzene rings is 2. The SMILES string of the molecule is CCN(CC)c1ccc(/C=C2/SC(=Nc3ccc(C)c(C)c3)N(C)C2=O)cc1.